The van der Waals surface area contributed by atoms with Gasteiger partial charge in [0.05, 0.1) is 9.20 Å². The van der Waals surface area contributed by atoms with E-state index in [4.69, 9.17) is 5.11 Å². The summed E-state index contributed by atoms with van der Waals surface area (Å²) in [5.41, 5.74) is 0.715. The first-order valence-electron chi connectivity index (χ1n) is 4.68. The molecular formula is C10H12BrNO2S. The smallest absolute Gasteiger partial charge is 0.311 e. The summed E-state index contributed by atoms with van der Waals surface area (Å²) in [6, 6.07) is 2.08. The Hall–Kier alpha value is -0.390. The number of carboxylic acids is 1. The number of rotatable bonds is 3. The first kappa shape index (κ1) is 11.1. The highest BCUT2D eigenvalue weighted by molar-refractivity contribution is 9.11. The van der Waals surface area contributed by atoms with Crippen LogP contribution in [-0.2, 0) is 11.3 Å². The molecule has 0 atom stereocenters. The minimum Gasteiger partial charge on any atom is -0.481 e. The maximum Gasteiger partial charge on any atom is 0.311 e. The van der Waals surface area contributed by atoms with Gasteiger partial charge in [-0.1, -0.05) is 0 Å². The van der Waals surface area contributed by atoms with Crippen molar-refractivity contribution in [3.8, 4) is 0 Å². The molecule has 3 nitrogen and oxygen atoms in total. The van der Waals surface area contributed by atoms with Gasteiger partial charge in [0.2, 0.25) is 0 Å². The van der Waals surface area contributed by atoms with Gasteiger partial charge in [0.15, 0.2) is 0 Å². The summed E-state index contributed by atoms with van der Waals surface area (Å²) in [6.45, 7) is 3.95. The quantitative estimate of drug-likeness (QED) is 0.929. The summed E-state index contributed by atoms with van der Waals surface area (Å²) >= 11 is 5.07. The molecule has 2 rings (SSSR count). The molecule has 1 aromatic rings. The van der Waals surface area contributed by atoms with E-state index in [1.807, 2.05) is 0 Å². The third kappa shape index (κ3) is 2.24. The molecule has 0 amide bonds. The summed E-state index contributed by atoms with van der Waals surface area (Å²) in [5.74, 6) is -0.690. The molecule has 0 unspecified atom stereocenters. The van der Waals surface area contributed by atoms with Gasteiger partial charge in [-0.05, 0) is 39.9 Å². The molecular weight excluding hydrogens is 278 g/mol. The Bertz CT molecular complexity index is 385. The van der Waals surface area contributed by atoms with E-state index in [1.165, 1.54) is 5.56 Å². The molecule has 0 aliphatic carbocycles. The van der Waals surface area contributed by atoms with Gasteiger partial charge in [-0.15, -0.1) is 11.3 Å². The third-order valence-corrected chi connectivity index (χ3v) is 4.24. The summed E-state index contributed by atoms with van der Waals surface area (Å²) in [7, 11) is 0. The average Bonchev–Trinajstić information content (AvgIpc) is 2.48. The van der Waals surface area contributed by atoms with Crippen LogP contribution >= 0.6 is 27.3 Å². The fourth-order valence-electron chi connectivity index (χ4n) is 1.87. The van der Waals surface area contributed by atoms with Gasteiger partial charge in [-0.25, -0.2) is 0 Å². The first-order chi connectivity index (χ1) is 6.99. The van der Waals surface area contributed by atoms with Gasteiger partial charge in [-0.3, -0.25) is 9.69 Å². The van der Waals surface area contributed by atoms with Crippen LogP contribution in [0.4, 0.5) is 0 Å². The zero-order chi connectivity index (χ0) is 11.1. The average molecular weight is 290 g/mol. The van der Waals surface area contributed by atoms with E-state index < -0.39 is 11.4 Å². The third-order valence-electron chi connectivity index (χ3n) is 2.69. The standard InChI is InChI=1S/C10H12BrNO2S/c1-10(9(13)14)5-12(6-10)3-7-2-8(11)15-4-7/h2,4H,3,5-6H2,1H3,(H,13,14). The normalized spacial score (nSPS) is 19.9. The zero-order valence-corrected chi connectivity index (χ0v) is 10.8. The predicted octanol–water partition coefficient (Wildman–Crippen LogP) is 2.42. The lowest BCUT2D eigenvalue weighted by Gasteiger charge is -2.44. The number of nitrogens with zero attached hydrogens (tertiary/aromatic N) is 1. The monoisotopic (exact) mass is 289 g/mol. The lowest BCUT2D eigenvalue weighted by atomic mass is 9.82. The molecule has 0 bridgehead atoms. The Morgan fingerprint density at radius 1 is 1.73 bits per heavy atom. The number of carbonyl (C=O) groups is 1. The second kappa shape index (κ2) is 3.88. The zero-order valence-electron chi connectivity index (χ0n) is 8.36. The maximum atomic E-state index is 10.9. The Morgan fingerprint density at radius 2 is 2.40 bits per heavy atom. The molecule has 15 heavy (non-hydrogen) atoms. The van der Waals surface area contributed by atoms with Crippen LogP contribution in [0.15, 0.2) is 15.2 Å². The molecule has 0 spiro atoms. The van der Waals surface area contributed by atoms with E-state index in [2.05, 4.69) is 32.3 Å². The highest BCUT2D eigenvalue weighted by atomic mass is 79.9. The van der Waals surface area contributed by atoms with Crippen molar-refractivity contribution in [3.63, 3.8) is 0 Å². The van der Waals surface area contributed by atoms with Crippen LogP contribution < -0.4 is 0 Å². The molecule has 0 radical (unpaired) electrons. The molecule has 1 N–H and O–H groups in total. The Morgan fingerprint density at radius 3 is 2.87 bits per heavy atom. The molecule has 1 fully saturated rings. The van der Waals surface area contributed by atoms with Crippen molar-refractivity contribution in [1.29, 1.82) is 0 Å². The summed E-state index contributed by atoms with van der Waals surface area (Å²) in [6.07, 6.45) is 0. The topological polar surface area (TPSA) is 40.5 Å². The fourth-order valence-corrected chi connectivity index (χ4v) is 3.08. The Kier molecular flexibility index (Phi) is 2.87. The number of likely N-dealkylation sites (tertiary alicyclic amines) is 1. The molecule has 2 heterocycles. The van der Waals surface area contributed by atoms with Crippen LogP contribution in [0.3, 0.4) is 0 Å². The van der Waals surface area contributed by atoms with E-state index in [-0.39, 0.29) is 0 Å². The van der Waals surface area contributed by atoms with Crippen molar-refractivity contribution in [2.45, 2.75) is 13.5 Å². The van der Waals surface area contributed by atoms with Crippen molar-refractivity contribution in [3.05, 3.63) is 20.8 Å². The van der Waals surface area contributed by atoms with Gasteiger partial charge >= 0.3 is 5.97 Å². The number of hydrogen-bond donors (Lipinski definition) is 1. The summed E-state index contributed by atoms with van der Waals surface area (Å²) in [4.78, 5) is 13.0. The van der Waals surface area contributed by atoms with Crippen LogP contribution in [0, 0.1) is 5.41 Å². The highest BCUT2D eigenvalue weighted by Crippen LogP contribution is 2.32. The first-order valence-corrected chi connectivity index (χ1v) is 6.35. The highest BCUT2D eigenvalue weighted by Gasteiger charge is 2.44. The van der Waals surface area contributed by atoms with Gasteiger partial charge in [-0.2, -0.15) is 0 Å². The lowest BCUT2D eigenvalue weighted by molar-refractivity contribution is -0.158. The molecule has 1 aliphatic rings. The van der Waals surface area contributed by atoms with Crippen LogP contribution in [-0.4, -0.2) is 29.1 Å². The number of hydrogen-bond acceptors (Lipinski definition) is 3. The predicted molar refractivity (Wildman–Crippen MR) is 63.0 cm³/mol. The van der Waals surface area contributed by atoms with Gasteiger partial charge in [0, 0.05) is 19.6 Å². The molecule has 82 valence electrons. The molecule has 1 saturated heterocycles. The minimum atomic E-state index is -0.690. The Balaban J connectivity index is 1.88. The summed E-state index contributed by atoms with van der Waals surface area (Å²) < 4.78 is 1.12. The lowest BCUT2D eigenvalue weighted by Crippen LogP contribution is -2.58. The number of carboxylic acid groups (broad SMARTS) is 1. The number of aliphatic carboxylic acids is 1. The van der Waals surface area contributed by atoms with Crippen LogP contribution in [0.25, 0.3) is 0 Å². The van der Waals surface area contributed by atoms with Crippen molar-refractivity contribution < 1.29 is 9.90 Å². The SMILES string of the molecule is CC1(C(=O)O)CN(Cc2csc(Br)c2)C1. The molecule has 5 heteroatoms. The van der Waals surface area contributed by atoms with Gasteiger partial charge in [0.1, 0.15) is 0 Å². The second-order valence-electron chi connectivity index (χ2n) is 4.27. The van der Waals surface area contributed by atoms with E-state index in [0.29, 0.717) is 13.1 Å². The van der Waals surface area contributed by atoms with Crippen LogP contribution in [0.5, 0.6) is 0 Å². The fraction of sp³-hybridized carbons (Fsp3) is 0.500. The molecule has 0 saturated carbocycles. The molecule has 0 aromatic carbocycles. The second-order valence-corrected chi connectivity index (χ2v) is 6.56. The maximum absolute atomic E-state index is 10.9. The van der Waals surface area contributed by atoms with Crippen molar-refractivity contribution in [2.24, 2.45) is 5.41 Å². The number of thiophene rings is 1. The van der Waals surface area contributed by atoms with Crippen molar-refractivity contribution >= 4 is 33.2 Å². The summed E-state index contributed by atoms with van der Waals surface area (Å²) in [5, 5.41) is 11.0. The van der Waals surface area contributed by atoms with Crippen LogP contribution in [0.2, 0.25) is 0 Å². The van der Waals surface area contributed by atoms with E-state index in [9.17, 15) is 4.79 Å². The number of halogens is 1. The van der Waals surface area contributed by atoms with E-state index >= 15 is 0 Å². The van der Waals surface area contributed by atoms with Crippen LogP contribution in [0.1, 0.15) is 12.5 Å². The van der Waals surface area contributed by atoms with E-state index in [1.54, 1.807) is 18.3 Å². The largest absolute Gasteiger partial charge is 0.481 e. The van der Waals surface area contributed by atoms with Gasteiger partial charge < -0.3 is 5.11 Å². The molecule has 1 aliphatic heterocycles. The van der Waals surface area contributed by atoms with Crippen molar-refractivity contribution in [1.82, 2.24) is 4.90 Å². The van der Waals surface area contributed by atoms with Crippen molar-refractivity contribution in [2.75, 3.05) is 13.1 Å². The molecule has 1 aromatic heterocycles. The van der Waals surface area contributed by atoms with Gasteiger partial charge in [0.25, 0.3) is 0 Å². The Labute approximate surface area is 101 Å². The minimum absolute atomic E-state index is 0.534. The van der Waals surface area contributed by atoms with E-state index in [0.717, 1.165) is 10.3 Å².